The number of nitrogens with zero attached hydrogens (tertiary/aromatic N) is 3. The zero-order valence-electron chi connectivity index (χ0n) is 17.6. The molecule has 1 fully saturated rings. The van der Waals surface area contributed by atoms with Crippen LogP contribution in [-0.4, -0.2) is 23.2 Å². The van der Waals surface area contributed by atoms with Gasteiger partial charge in [-0.05, 0) is 41.5 Å². The van der Waals surface area contributed by atoms with Crippen molar-refractivity contribution in [1.82, 2.24) is 10.0 Å². The van der Waals surface area contributed by atoms with E-state index in [4.69, 9.17) is 0 Å². The molecule has 1 saturated carbocycles. The van der Waals surface area contributed by atoms with Crippen molar-refractivity contribution >= 4 is 5.69 Å². The van der Waals surface area contributed by atoms with Crippen molar-refractivity contribution in [2.75, 3.05) is 18.1 Å². The molecule has 0 aromatic heterocycles. The summed E-state index contributed by atoms with van der Waals surface area (Å²) in [6.45, 7) is 3.64. The number of anilines is 1. The van der Waals surface area contributed by atoms with Crippen LogP contribution in [0, 0.1) is 17.6 Å². The number of fused-ring (bicyclic) bond motifs is 1. The summed E-state index contributed by atoms with van der Waals surface area (Å²) in [5, 5.41) is 4.61. The summed E-state index contributed by atoms with van der Waals surface area (Å²) in [6, 6.07) is 23.5. The third-order valence-corrected chi connectivity index (χ3v) is 6.14. The van der Waals surface area contributed by atoms with Gasteiger partial charge in [-0.15, -0.1) is 0 Å². The van der Waals surface area contributed by atoms with E-state index in [1.54, 1.807) is 0 Å². The second kappa shape index (κ2) is 8.77. The lowest BCUT2D eigenvalue weighted by molar-refractivity contribution is -0.0532. The Labute approximate surface area is 182 Å². The van der Waals surface area contributed by atoms with Crippen LogP contribution in [0.1, 0.15) is 29.5 Å². The van der Waals surface area contributed by atoms with Gasteiger partial charge in [-0.3, -0.25) is 0 Å². The number of halogens is 2. The van der Waals surface area contributed by atoms with Gasteiger partial charge in [-0.2, -0.15) is 0 Å². The van der Waals surface area contributed by atoms with E-state index in [9.17, 15) is 8.78 Å². The van der Waals surface area contributed by atoms with Crippen LogP contribution in [0.15, 0.2) is 72.8 Å². The van der Waals surface area contributed by atoms with Crippen LogP contribution in [0.3, 0.4) is 0 Å². The van der Waals surface area contributed by atoms with Gasteiger partial charge in [0.05, 0.1) is 6.67 Å². The lowest BCUT2D eigenvalue weighted by Crippen LogP contribution is -2.51. The highest BCUT2D eigenvalue weighted by molar-refractivity contribution is 5.55. The first-order valence-electron chi connectivity index (χ1n) is 11.0. The van der Waals surface area contributed by atoms with Gasteiger partial charge < -0.3 is 4.90 Å². The second-order valence-electron chi connectivity index (χ2n) is 8.66. The average molecular weight is 420 g/mol. The van der Waals surface area contributed by atoms with Gasteiger partial charge in [-0.25, -0.2) is 18.8 Å². The summed E-state index contributed by atoms with van der Waals surface area (Å²) in [7, 11) is 0. The van der Waals surface area contributed by atoms with Gasteiger partial charge in [0.15, 0.2) is 11.6 Å². The Morgan fingerprint density at radius 3 is 1.97 bits per heavy atom. The molecule has 0 N–H and O–H groups in total. The van der Waals surface area contributed by atoms with Crippen molar-refractivity contribution in [2.24, 2.45) is 5.92 Å². The number of rotatable bonds is 7. The summed E-state index contributed by atoms with van der Waals surface area (Å²) in [4.78, 5) is 2.22. The molecule has 1 aliphatic carbocycles. The van der Waals surface area contributed by atoms with Crippen LogP contribution in [0.25, 0.3) is 0 Å². The topological polar surface area (TPSA) is 9.72 Å². The van der Waals surface area contributed by atoms with Gasteiger partial charge >= 0.3 is 0 Å². The molecule has 0 spiro atoms. The summed E-state index contributed by atoms with van der Waals surface area (Å²) in [6.07, 6.45) is 2.43. The molecule has 3 aromatic carbocycles. The number of benzene rings is 3. The summed E-state index contributed by atoms with van der Waals surface area (Å²) < 4.78 is 28.1. The third-order valence-electron chi connectivity index (χ3n) is 6.14. The van der Waals surface area contributed by atoms with E-state index in [0.717, 1.165) is 30.9 Å². The highest BCUT2D eigenvalue weighted by atomic mass is 19.2. The molecule has 3 nitrogen and oxygen atoms in total. The molecule has 0 radical (unpaired) electrons. The molecule has 5 heteroatoms. The zero-order valence-corrected chi connectivity index (χ0v) is 17.6. The molecule has 0 bridgehead atoms. The highest BCUT2D eigenvalue weighted by Gasteiger charge is 2.32. The molecular weight excluding hydrogens is 392 g/mol. The predicted octanol–water partition coefficient (Wildman–Crippen LogP) is 5.57. The Kier molecular flexibility index (Phi) is 5.70. The number of hydrogen-bond acceptors (Lipinski definition) is 3. The largest absolute Gasteiger partial charge is 0.357 e. The minimum absolute atomic E-state index is 0.563. The average Bonchev–Trinajstić information content (AvgIpc) is 3.60. The van der Waals surface area contributed by atoms with E-state index in [0.29, 0.717) is 19.1 Å². The van der Waals surface area contributed by atoms with Gasteiger partial charge in [0, 0.05) is 37.9 Å². The van der Waals surface area contributed by atoms with E-state index in [1.165, 1.54) is 36.1 Å². The summed E-state index contributed by atoms with van der Waals surface area (Å²) in [5.74, 6) is -0.888. The van der Waals surface area contributed by atoms with E-state index in [1.807, 2.05) is 12.1 Å². The normalized spacial score (nSPS) is 16.5. The lowest BCUT2D eigenvalue weighted by Gasteiger charge is -2.44. The summed E-state index contributed by atoms with van der Waals surface area (Å²) in [5.41, 5.74) is 4.13. The van der Waals surface area contributed by atoms with Gasteiger partial charge in [0.25, 0.3) is 0 Å². The van der Waals surface area contributed by atoms with Crippen LogP contribution in [0.2, 0.25) is 0 Å². The first-order chi connectivity index (χ1) is 15.2. The molecular formula is C26H27F2N3. The van der Waals surface area contributed by atoms with Crippen molar-refractivity contribution in [3.63, 3.8) is 0 Å². The Bertz CT molecular complexity index is 980. The molecule has 160 valence electrons. The third kappa shape index (κ3) is 4.78. The van der Waals surface area contributed by atoms with Crippen LogP contribution in [0.5, 0.6) is 0 Å². The Balaban J connectivity index is 1.46. The predicted molar refractivity (Wildman–Crippen MR) is 119 cm³/mol. The van der Waals surface area contributed by atoms with Crippen LogP contribution < -0.4 is 4.90 Å². The molecule has 0 atom stereocenters. The maximum Gasteiger partial charge on any atom is 0.160 e. The van der Waals surface area contributed by atoms with Crippen molar-refractivity contribution in [3.8, 4) is 0 Å². The molecule has 0 saturated heterocycles. The first kappa shape index (κ1) is 20.2. The molecule has 2 aliphatic rings. The fourth-order valence-corrected chi connectivity index (χ4v) is 4.32. The van der Waals surface area contributed by atoms with Crippen molar-refractivity contribution in [3.05, 3.63) is 101 Å². The second-order valence-corrected chi connectivity index (χ2v) is 8.66. The molecule has 0 amide bonds. The Morgan fingerprint density at radius 1 is 0.806 bits per heavy atom. The van der Waals surface area contributed by atoms with E-state index in [2.05, 4.69) is 63.4 Å². The smallest absolute Gasteiger partial charge is 0.160 e. The molecule has 3 aromatic rings. The van der Waals surface area contributed by atoms with Crippen molar-refractivity contribution in [2.45, 2.75) is 32.5 Å². The van der Waals surface area contributed by atoms with E-state index in [-0.39, 0.29) is 0 Å². The van der Waals surface area contributed by atoms with Gasteiger partial charge in [-0.1, -0.05) is 60.7 Å². The van der Waals surface area contributed by atoms with Gasteiger partial charge in [0.1, 0.15) is 0 Å². The fraction of sp³-hybridized carbons (Fsp3) is 0.308. The maximum absolute atomic E-state index is 14.1. The standard InChI is InChI=1S/C26H27F2N3/c27-24-13-23-18-31(19-29(15-22-11-12-22)26(23)14-25(24)28)30(16-20-7-3-1-4-8-20)17-21-9-5-2-6-10-21/h1-10,13-14,22H,11-12,15-19H2. The van der Waals surface area contributed by atoms with Gasteiger partial charge in [0.2, 0.25) is 0 Å². The molecule has 1 aliphatic heterocycles. The van der Waals surface area contributed by atoms with Crippen LogP contribution >= 0.6 is 0 Å². The molecule has 1 heterocycles. The maximum atomic E-state index is 14.1. The number of hydrazine groups is 1. The van der Waals surface area contributed by atoms with Crippen molar-refractivity contribution in [1.29, 1.82) is 0 Å². The minimum Gasteiger partial charge on any atom is -0.357 e. The fourth-order valence-electron chi connectivity index (χ4n) is 4.32. The quantitative estimate of drug-likeness (QED) is 0.496. The van der Waals surface area contributed by atoms with E-state index >= 15 is 0 Å². The minimum atomic E-state index is -0.773. The van der Waals surface area contributed by atoms with Crippen LogP contribution in [0.4, 0.5) is 14.5 Å². The van der Waals surface area contributed by atoms with E-state index < -0.39 is 11.6 Å². The Morgan fingerprint density at radius 2 is 1.39 bits per heavy atom. The Hall–Kier alpha value is -2.76. The summed E-state index contributed by atoms with van der Waals surface area (Å²) >= 11 is 0. The van der Waals surface area contributed by atoms with Crippen LogP contribution in [-0.2, 0) is 19.6 Å². The highest BCUT2D eigenvalue weighted by Crippen LogP contribution is 2.36. The molecule has 0 unspecified atom stereocenters. The molecule has 5 rings (SSSR count). The zero-order chi connectivity index (χ0) is 21.2. The van der Waals surface area contributed by atoms with Crippen molar-refractivity contribution < 1.29 is 8.78 Å². The monoisotopic (exact) mass is 419 g/mol. The molecule has 31 heavy (non-hydrogen) atoms. The SMILES string of the molecule is Fc1cc2c(cc1F)N(CC1CC1)CN(N(Cc1ccccc1)Cc1ccccc1)C2. The number of hydrogen-bond donors (Lipinski definition) is 0. The first-order valence-corrected chi connectivity index (χ1v) is 11.0. The lowest BCUT2D eigenvalue weighted by atomic mass is 10.1.